The molecule has 1 saturated heterocycles. The van der Waals surface area contributed by atoms with Crippen LogP contribution in [0, 0.1) is 0 Å². The number of nitrogens with one attached hydrogen (secondary N) is 1. The fraction of sp³-hybridized carbons (Fsp3) is 0.588. The van der Waals surface area contributed by atoms with Gasteiger partial charge in [0.05, 0.1) is 25.4 Å². The Morgan fingerprint density at radius 3 is 2.80 bits per heavy atom. The number of aromatic nitrogens is 2. The summed E-state index contributed by atoms with van der Waals surface area (Å²) in [6.07, 6.45) is 2.38. The van der Waals surface area contributed by atoms with Crippen molar-refractivity contribution in [1.29, 1.82) is 0 Å². The minimum absolute atomic E-state index is 0.0161. The number of carbonyl (C=O) groups is 1. The summed E-state index contributed by atoms with van der Waals surface area (Å²) >= 11 is 0. The third kappa shape index (κ3) is 4.67. The maximum Gasteiger partial charge on any atom is 0.243 e. The quantitative estimate of drug-likeness (QED) is 0.806. The molecule has 0 radical (unpaired) electrons. The van der Waals surface area contributed by atoms with E-state index in [9.17, 15) is 4.79 Å². The van der Waals surface area contributed by atoms with E-state index in [-0.39, 0.29) is 11.9 Å². The van der Waals surface area contributed by atoms with Crippen LogP contribution in [0.4, 0.5) is 0 Å². The van der Waals surface area contributed by atoms with E-state index in [0.29, 0.717) is 19.0 Å². The zero-order valence-corrected chi connectivity index (χ0v) is 14.8. The summed E-state index contributed by atoms with van der Waals surface area (Å²) in [6, 6.07) is 3.76. The molecule has 1 aliphatic heterocycles. The summed E-state index contributed by atoms with van der Waals surface area (Å²) in [7, 11) is 0. The molecule has 3 heterocycles. The number of hydrogen-bond donors (Lipinski definition) is 1. The molecule has 0 unspecified atom stereocenters. The second-order valence-electron chi connectivity index (χ2n) is 6.25. The molecule has 1 fully saturated rings. The van der Waals surface area contributed by atoms with Gasteiger partial charge in [0, 0.05) is 32.6 Å². The van der Waals surface area contributed by atoms with Crippen molar-refractivity contribution in [1.82, 2.24) is 25.3 Å². The van der Waals surface area contributed by atoms with Crippen LogP contribution >= 0.6 is 0 Å². The van der Waals surface area contributed by atoms with Gasteiger partial charge in [0.15, 0.2) is 5.82 Å². The van der Waals surface area contributed by atoms with Gasteiger partial charge in [0.1, 0.15) is 5.76 Å². The Bertz CT molecular complexity index is 662. The molecule has 1 atom stereocenters. The van der Waals surface area contributed by atoms with Crippen LogP contribution in [0.2, 0.25) is 0 Å². The summed E-state index contributed by atoms with van der Waals surface area (Å²) in [6.45, 7) is 8.35. The predicted octanol–water partition coefficient (Wildman–Crippen LogP) is 1.22. The molecule has 1 aliphatic rings. The van der Waals surface area contributed by atoms with Crippen molar-refractivity contribution >= 4 is 5.91 Å². The molecule has 136 valence electrons. The molecule has 0 aliphatic carbocycles. The normalized spacial score (nSPS) is 17.5. The molecule has 8 nitrogen and oxygen atoms in total. The second-order valence-corrected chi connectivity index (χ2v) is 6.25. The summed E-state index contributed by atoms with van der Waals surface area (Å²) < 4.78 is 10.6. The standard InChI is InChI=1S/C17H25N5O3/c1-3-15-19-17(25-20-15)13(2)22-8-6-21(7-9-22)12-16(23)18-11-14-5-4-10-24-14/h4-5,10,13H,3,6-9,11-12H2,1-2H3,(H,18,23)/t13-/m0/s1. The highest BCUT2D eigenvalue weighted by molar-refractivity contribution is 5.77. The first kappa shape index (κ1) is 17.6. The van der Waals surface area contributed by atoms with E-state index in [0.717, 1.165) is 44.2 Å². The molecule has 0 saturated carbocycles. The summed E-state index contributed by atoms with van der Waals surface area (Å²) in [5.41, 5.74) is 0. The van der Waals surface area contributed by atoms with Gasteiger partial charge < -0.3 is 14.3 Å². The summed E-state index contributed by atoms with van der Waals surface area (Å²) in [5.74, 6) is 2.19. The Hall–Kier alpha value is -2.19. The maximum absolute atomic E-state index is 12.0. The van der Waals surface area contributed by atoms with Gasteiger partial charge in [0.25, 0.3) is 0 Å². The fourth-order valence-corrected chi connectivity index (χ4v) is 2.90. The Kier molecular flexibility index (Phi) is 5.83. The van der Waals surface area contributed by atoms with Gasteiger partial charge >= 0.3 is 0 Å². The van der Waals surface area contributed by atoms with Crippen LogP contribution in [0.5, 0.6) is 0 Å². The lowest BCUT2D eigenvalue weighted by Crippen LogP contribution is -2.49. The van der Waals surface area contributed by atoms with Crippen molar-refractivity contribution in [2.45, 2.75) is 32.9 Å². The molecule has 8 heteroatoms. The first-order valence-electron chi connectivity index (χ1n) is 8.73. The van der Waals surface area contributed by atoms with Gasteiger partial charge in [-0.25, -0.2) is 0 Å². The highest BCUT2D eigenvalue weighted by Crippen LogP contribution is 2.20. The van der Waals surface area contributed by atoms with E-state index < -0.39 is 0 Å². The number of aryl methyl sites for hydroxylation is 1. The molecule has 1 amide bonds. The molecule has 2 aromatic heterocycles. The molecular formula is C17H25N5O3. The minimum Gasteiger partial charge on any atom is -0.467 e. The largest absolute Gasteiger partial charge is 0.467 e. The average Bonchev–Trinajstić information content (AvgIpc) is 3.31. The lowest BCUT2D eigenvalue weighted by atomic mass is 10.2. The number of piperazine rings is 1. The van der Waals surface area contributed by atoms with E-state index >= 15 is 0 Å². The first-order chi connectivity index (χ1) is 12.2. The number of hydrogen-bond acceptors (Lipinski definition) is 7. The topological polar surface area (TPSA) is 87.6 Å². The lowest BCUT2D eigenvalue weighted by Gasteiger charge is -2.36. The van der Waals surface area contributed by atoms with Crippen LogP contribution in [-0.2, 0) is 17.8 Å². The smallest absolute Gasteiger partial charge is 0.243 e. The van der Waals surface area contributed by atoms with Gasteiger partial charge in [0.2, 0.25) is 11.8 Å². The molecule has 1 N–H and O–H groups in total. The lowest BCUT2D eigenvalue weighted by molar-refractivity contribution is -0.123. The fourth-order valence-electron chi connectivity index (χ4n) is 2.90. The van der Waals surface area contributed by atoms with Gasteiger partial charge in [-0.15, -0.1) is 0 Å². The Labute approximate surface area is 147 Å². The zero-order valence-electron chi connectivity index (χ0n) is 14.8. The van der Waals surface area contributed by atoms with Crippen LogP contribution in [0.25, 0.3) is 0 Å². The van der Waals surface area contributed by atoms with E-state index in [2.05, 4.69) is 32.2 Å². The number of amides is 1. The van der Waals surface area contributed by atoms with Crippen LogP contribution in [0.3, 0.4) is 0 Å². The Morgan fingerprint density at radius 2 is 2.16 bits per heavy atom. The van der Waals surface area contributed by atoms with Crippen LogP contribution < -0.4 is 5.32 Å². The Morgan fingerprint density at radius 1 is 1.36 bits per heavy atom. The summed E-state index contributed by atoms with van der Waals surface area (Å²) in [4.78, 5) is 20.9. The SMILES string of the molecule is CCc1noc([C@H](C)N2CCN(CC(=O)NCc3ccco3)CC2)n1. The molecule has 0 spiro atoms. The monoisotopic (exact) mass is 347 g/mol. The molecule has 2 aromatic rings. The van der Waals surface area contributed by atoms with Gasteiger partial charge in [-0.1, -0.05) is 12.1 Å². The summed E-state index contributed by atoms with van der Waals surface area (Å²) in [5, 5.41) is 6.84. The van der Waals surface area contributed by atoms with Crippen molar-refractivity contribution < 1.29 is 13.7 Å². The van der Waals surface area contributed by atoms with E-state index in [1.165, 1.54) is 0 Å². The zero-order chi connectivity index (χ0) is 17.6. The van der Waals surface area contributed by atoms with Crippen molar-refractivity contribution in [2.24, 2.45) is 0 Å². The average molecular weight is 347 g/mol. The minimum atomic E-state index is 0.0161. The molecule has 3 rings (SSSR count). The highest BCUT2D eigenvalue weighted by atomic mass is 16.5. The third-order valence-corrected chi connectivity index (χ3v) is 4.52. The van der Waals surface area contributed by atoms with Crippen LogP contribution in [0.15, 0.2) is 27.3 Å². The molecular weight excluding hydrogens is 322 g/mol. The number of furan rings is 1. The molecule has 0 bridgehead atoms. The van der Waals surface area contributed by atoms with Gasteiger partial charge in [-0.2, -0.15) is 4.98 Å². The first-order valence-corrected chi connectivity index (χ1v) is 8.73. The maximum atomic E-state index is 12.0. The highest BCUT2D eigenvalue weighted by Gasteiger charge is 2.26. The van der Waals surface area contributed by atoms with Gasteiger partial charge in [-0.05, 0) is 19.1 Å². The van der Waals surface area contributed by atoms with Gasteiger partial charge in [-0.3, -0.25) is 14.6 Å². The molecule has 25 heavy (non-hydrogen) atoms. The Balaban J connectivity index is 1.41. The van der Waals surface area contributed by atoms with E-state index in [4.69, 9.17) is 8.94 Å². The number of rotatable bonds is 7. The predicted molar refractivity (Wildman–Crippen MR) is 90.7 cm³/mol. The van der Waals surface area contributed by atoms with Crippen LogP contribution in [0.1, 0.15) is 37.4 Å². The van der Waals surface area contributed by atoms with Crippen molar-refractivity contribution in [3.63, 3.8) is 0 Å². The van der Waals surface area contributed by atoms with Crippen molar-refractivity contribution in [2.75, 3.05) is 32.7 Å². The number of carbonyl (C=O) groups excluding carboxylic acids is 1. The van der Waals surface area contributed by atoms with Crippen molar-refractivity contribution in [3.8, 4) is 0 Å². The van der Waals surface area contributed by atoms with E-state index in [1.54, 1.807) is 6.26 Å². The third-order valence-electron chi connectivity index (χ3n) is 4.52. The molecule has 0 aromatic carbocycles. The number of nitrogens with zero attached hydrogens (tertiary/aromatic N) is 4. The van der Waals surface area contributed by atoms with E-state index in [1.807, 2.05) is 19.1 Å². The van der Waals surface area contributed by atoms with Crippen molar-refractivity contribution in [3.05, 3.63) is 35.9 Å². The van der Waals surface area contributed by atoms with Crippen LogP contribution in [-0.4, -0.2) is 58.6 Å². The second kappa shape index (κ2) is 8.26.